The van der Waals surface area contributed by atoms with E-state index in [0.717, 1.165) is 0 Å². The highest BCUT2D eigenvalue weighted by Gasteiger charge is 2.37. The van der Waals surface area contributed by atoms with Crippen LogP contribution < -0.4 is 4.90 Å². The summed E-state index contributed by atoms with van der Waals surface area (Å²) < 4.78 is 4.54. The summed E-state index contributed by atoms with van der Waals surface area (Å²) >= 11 is 5.81. The van der Waals surface area contributed by atoms with Gasteiger partial charge >= 0.3 is 5.97 Å². The topological polar surface area (TPSA) is 70.0 Å². The van der Waals surface area contributed by atoms with Gasteiger partial charge in [0, 0.05) is 16.3 Å². The van der Waals surface area contributed by atoms with Gasteiger partial charge in [0.05, 0.1) is 7.11 Å². The average molecular weight is 258 g/mol. The first-order valence-corrected chi connectivity index (χ1v) is 5.41. The van der Waals surface area contributed by atoms with Crippen molar-refractivity contribution in [2.45, 2.75) is 12.3 Å². The van der Waals surface area contributed by atoms with Gasteiger partial charge in [-0.1, -0.05) is 11.6 Å². The summed E-state index contributed by atoms with van der Waals surface area (Å²) in [6.45, 7) is -0.122. The Labute approximate surface area is 103 Å². The molecule has 0 amide bonds. The predicted octanol–water partition coefficient (Wildman–Crippen LogP) is 0.685. The van der Waals surface area contributed by atoms with Gasteiger partial charge in [0.25, 0.3) is 0 Å². The Bertz CT molecular complexity index is 451. The number of rotatable bonds is 2. The fourth-order valence-corrected chi connectivity index (χ4v) is 2.06. The van der Waals surface area contributed by atoms with Crippen LogP contribution in [0.2, 0.25) is 5.02 Å². The van der Waals surface area contributed by atoms with Gasteiger partial charge in [-0.15, -0.1) is 0 Å². The summed E-state index contributed by atoms with van der Waals surface area (Å²) in [5, 5.41) is 20.1. The van der Waals surface area contributed by atoms with Crippen LogP contribution in [0.1, 0.15) is 11.7 Å². The number of methoxy groups -OCH3 is 1. The van der Waals surface area contributed by atoms with Crippen molar-refractivity contribution in [3.63, 3.8) is 0 Å². The Morgan fingerprint density at radius 3 is 2.88 bits per heavy atom. The maximum absolute atomic E-state index is 11.2. The maximum Gasteiger partial charge on any atom is 0.325 e. The first-order chi connectivity index (χ1) is 8.04. The van der Waals surface area contributed by atoms with Gasteiger partial charge in [-0.05, 0) is 18.2 Å². The average Bonchev–Trinajstić information content (AvgIpc) is 2.54. The number of hydrogen-bond acceptors (Lipinski definition) is 5. The molecule has 0 aliphatic carbocycles. The van der Waals surface area contributed by atoms with E-state index in [0.29, 0.717) is 16.3 Å². The van der Waals surface area contributed by atoms with Gasteiger partial charge in [-0.2, -0.15) is 0 Å². The van der Waals surface area contributed by atoms with E-state index in [9.17, 15) is 15.0 Å². The molecule has 0 saturated heterocycles. The van der Waals surface area contributed by atoms with Crippen LogP contribution in [0, 0.1) is 0 Å². The van der Waals surface area contributed by atoms with Crippen LogP contribution in [-0.4, -0.2) is 36.1 Å². The van der Waals surface area contributed by atoms with E-state index in [4.69, 9.17) is 11.6 Å². The number of ether oxygens (including phenoxy) is 1. The molecular formula is C11H12ClNO4. The van der Waals surface area contributed by atoms with Gasteiger partial charge in [0.1, 0.15) is 12.6 Å². The van der Waals surface area contributed by atoms with Crippen molar-refractivity contribution in [2.24, 2.45) is 0 Å². The number of nitrogens with zero attached hydrogens (tertiary/aromatic N) is 1. The molecule has 2 atom stereocenters. The molecule has 2 N–H and O–H groups in total. The smallest absolute Gasteiger partial charge is 0.325 e. The van der Waals surface area contributed by atoms with Crippen molar-refractivity contribution in [1.29, 1.82) is 0 Å². The maximum atomic E-state index is 11.2. The van der Waals surface area contributed by atoms with Crippen LogP contribution in [-0.2, 0) is 9.53 Å². The molecule has 5 nitrogen and oxygen atoms in total. The lowest BCUT2D eigenvalue weighted by Gasteiger charge is -2.22. The van der Waals surface area contributed by atoms with Crippen molar-refractivity contribution in [3.8, 4) is 0 Å². The second kappa shape index (κ2) is 4.52. The molecule has 1 heterocycles. The van der Waals surface area contributed by atoms with Crippen molar-refractivity contribution >= 4 is 23.3 Å². The van der Waals surface area contributed by atoms with Crippen LogP contribution in [0.3, 0.4) is 0 Å². The van der Waals surface area contributed by atoms with Gasteiger partial charge < -0.3 is 19.8 Å². The van der Waals surface area contributed by atoms with Crippen LogP contribution in [0.4, 0.5) is 5.69 Å². The molecular weight excluding hydrogens is 246 g/mol. The van der Waals surface area contributed by atoms with E-state index >= 15 is 0 Å². The quantitative estimate of drug-likeness (QED) is 0.763. The highest BCUT2D eigenvalue weighted by molar-refractivity contribution is 6.30. The normalized spacial score (nSPS) is 22.5. The van der Waals surface area contributed by atoms with Gasteiger partial charge in [-0.25, -0.2) is 0 Å². The highest BCUT2D eigenvalue weighted by atomic mass is 35.5. The molecule has 0 spiro atoms. The number of carbonyl (C=O) groups excluding carboxylic acids is 1. The fourth-order valence-electron chi connectivity index (χ4n) is 1.88. The monoisotopic (exact) mass is 257 g/mol. The zero-order valence-electron chi connectivity index (χ0n) is 9.13. The van der Waals surface area contributed by atoms with Crippen molar-refractivity contribution in [2.75, 3.05) is 18.6 Å². The zero-order chi connectivity index (χ0) is 12.6. The number of carbonyl (C=O) groups is 1. The third kappa shape index (κ3) is 2.09. The second-order valence-electron chi connectivity index (χ2n) is 3.77. The van der Waals surface area contributed by atoms with E-state index < -0.39 is 18.3 Å². The van der Waals surface area contributed by atoms with Crippen LogP contribution in [0.15, 0.2) is 18.2 Å². The number of hydrogen-bond donors (Lipinski definition) is 2. The number of fused-ring (bicyclic) bond motifs is 1. The standard InChI is InChI=1S/C11H12ClNO4/c1-17-9(14)5-13-8-3-2-6(12)4-7(8)10(15)11(13)16/h2-4,10-11,15-16H,5H2,1H3. The molecule has 1 aliphatic rings. The van der Waals surface area contributed by atoms with Crippen LogP contribution in [0.5, 0.6) is 0 Å². The number of halogens is 1. The third-order valence-corrected chi connectivity index (χ3v) is 2.98. The SMILES string of the molecule is COC(=O)CN1c2ccc(Cl)cc2C(O)C1O. The molecule has 0 bridgehead atoms. The summed E-state index contributed by atoms with van der Waals surface area (Å²) in [4.78, 5) is 12.6. The molecule has 1 aliphatic heterocycles. The molecule has 0 saturated carbocycles. The van der Waals surface area contributed by atoms with Gasteiger partial charge in [-0.3, -0.25) is 4.79 Å². The van der Waals surface area contributed by atoms with Gasteiger partial charge in [0.2, 0.25) is 0 Å². The number of aliphatic hydroxyl groups excluding tert-OH is 2. The molecule has 92 valence electrons. The predicted molar refractivity (Wildman–Crippen MR) is 61.8 cm³/mol. The molecule has 6 heteroatoms. The molecule has 0 radical (unpaired) electrons. The number of aliphatic hydroxyl groups is 2. The Kier molecular flexibility index (Phi) is 3.24. The number of benzene rings is 1. The van der Waals surface area contributed by atoms with Crippen LogP contribution in [0.25, 0.3) is 0 Å². The molecule has 17 heavy (non-hydrogen) atoms. The molecule has 0 aromatic heterocycles. The van der Waals surface area contributed by atoms with Crippen LogP contribution >= 0.6 is 11.6 Å². The first kappa shape index (κ1) is 12.2. The van der Waals surface area contributed by atoms with E-state index in [-0.39, 0.29) is 6.54 Å². The Hall–Kier alpha value is -1.30. The molecule has 0 fully saturated rings. The van der Waals surface area contributed by atoms with Crippen molar-refractivity contribution < 1.29 is 19.7 Å². The zero-order valence-corrected chi connectivity index (χ0v) is 9.89. The summed E-state index contributed by atoms with van der Waals surface area (Å²) in [7, 11) is 1.27. The minimum atomic E-state index is -1.16. The van der Waals surface area contributed by atoms with E-state index in [1.54, 1.807) is 18.2 Å². The first-order valence-electron chi connectivity index (χ1n) is 5.03. The summed E-state index contributed by atoms with van der Waals surface area (Å²) in [6.07, 6.45) is -2.24. The summed E-state index contributed by atoms with van der Waals surface area (Å²) in [5.74, 6) is -0.487. The molecule has 1 aromatic rings. The largest absolute Gasteiger partial charge is 0.468 e. The minimum Gasteiger partial charge on any atom is -0.468 e. The Morgan fingerprint density at radius 1 is 1.53 bits per heavy atom. The second-order valence-corrected chi connectivity index (χ2v) is 4.20. The number of esters is 1. The molecule has 2 rings (SSSR count). The lowest BCUT2D eigenvalue weighted by molar-refractivity contribution is -0.139. The lowest BCUT2D eigenvalue weighted by Crippen LogP contribution is -2.38. The fraction of sp³-hybridized carbons (Fsp3) is 0.364. The van der Waals surface area contributed by atoms with E-state index in [1.807, 2.05) is 0 Å². The molecule has 1 aromatic carbocycles. The number of anilines is 1. The van der Waals surface area contributed by atoms with E-state index in [1.165, 1.54) is 12.0 Å². The lowest BCUT2D eigenvalue weighted by atomic mass is 10.1. The minimum absolute atomic E-state index is 0.122. The third-order valence-electron chi connectivity index (χ3n) is 2.75. The van der Waals surface area contributed by atoms with Gasteiger partial charge in [0.15, 0.2) is 6.23 Å². The molecule has 2 unspecified atom stereocenters. The Morgan fingerprint density at radius 2 is 2.24 bits per heavy atom. The summed E-state index contributed by atoms with van der Waals surface area (Å²) in [5.41, 5.74) is 1.09. The Balaban J connectivity index is 2.34. The van der Waals surface area contributed by atoms with E-state index in [2.05, 4.69) is 4.74 Å². The highest BCUT2D eigenvalue weighted by Crippen LogP contribution is 2.39. The van der Waals surface area contributed by atoms with Crippen molar-refractivity contribution in [1.82, 2.24) is 0 Å². The van der Waals surface area contributed by atoms with Crippen molar-refractivity contribution in [3.05, 3.63) is 28.8 Å². The summed E-state index contributed by atoms with van der Waals surface area (Å²) in [6, 6.07) is 4.86.